The molecule has 3 rings (SSSR count). The number of aromatic nitrogens is 2. The van der Waals surface area contributed by atoms with Gasteiger partial charge < -0.3 is 9.88 Å². The highest BCUT2D eigenvalue weighted by atomic mass is 127. The van der Waals surface area contributed by atoms with Crippen LogP contribution < -0.4 is 5.32 Å². The second kappa shape index (κ2) is 6.80. The Balaban J connectivity index is 1.73. The van der Waals surface area contributed by atoms with Gasteiger partial charge in [0.15, 0.2) is 0 Å². The maximum atomic E-state index is 12.1. The van der Waals surface area contributed by atoms with E-state index in [1.54, 1.807) is 24.7 Å². The molecule has 0 atom stereocenters. The van der Waals surface area contributed by atoms with Gasteiger partial charge in [-0.15, -0.1) is 11.3 Å². The number of carbonyl (C=O) groups is 1. The number of nitrogens with one attached hydrogen (secondary N) is 1. The van der Waals surface area contributed by atoms with Crippen LogP contribution in [0.15, 0.2) is 48.9 Å². The van der Waals surface area contributed by atoms with Crippen molar-refractivity contribution in [1.29, 1.82) is 0 Å². The smallest absolute Gasteiger partial charge is 0.261 e. The third-order valence-electron chi connectivity index (χ3n) is 3.05. The molecule has 0 unspecified atom stereocenters. The molecule has 0 fully saturated rings. The molecule has 0 spiro atoms. The Kier molecular flexibility index (Phi) is 4.80. The lowest BCUT2D eigenvalue weighted by Gasteiger charge is -2.09. The Morgan fingerprint density at radius 2 is 2.05 bits per heavy atom. The van der Waals surface area contributed by atoms with E-state index in [1.165, 1.54) is 14.9 Å². The predicted molar refractivity (Wildman–Crippen MR) is 96.8 cm³/mol. The first-order valence-corrected chi connectivity index (χ1v) is 8.71. The van der Waals surface area contributed by atoms with Crippen molar-refractivity contribution in [1.82, 2.24) is 14.9 Å². The van der Waals surface area contributed by atoms with Crippen molar-refractivity contribution >= 4 is 51.4 Å². The largest absolute Gasteiger partial charge is 0.346 e. The Hall–Kier alpha value is -1.38. The maximum Gasteiger partial charge on any atom is 0.261 e. The van der Waals surface area contributed by atoms with Gasteiger partial charge in [0.2, 0.25) is 0 Å². The lowest BCUT2D eigenvalue weighted by Crippen LogP contribution is -2.23. The predicted octanol–water partition coefficient (Wildman–Crippen LogP) is 4.12. The Labute approximate surface area is 150 Å². The van der Waals surface area contributed by atoms with Gasteiger partial charge in [-0.3, -0.25) is 4.79 Å². The zero-order chi connectivity index (χ0) is 15.5. The van der Waals surface area contributed by atoms with Crippen molar-refractivity contribution in [2.45, 2.75) is 6.54 Å². The van der Waals surface area contributed by atoms with Crippen LogP contribution in [-0.4, -0.2) is 15.5 Å². The molecule has 4 nitrogen and oxygen atoms in total. The number of halogens is 2. The Bertz CT molecular complexity index is 797. The van der Waals surface area contributed by atoms with E-state index in [-0.39, 0.29) is 5.91 Å². The molecule has 0 saturated heterocycles. The summed E-state index contributed by atoms with van der Waals surface area (Å²) < 4.78 is 3.73. The van der Waals surface area contributed by atoms with Gasteiger partial charge in [-0.05, 0) is 59.0 Å². The average molecular weight is 444 g/mol. The zero-order valence-corrected chi connectivity index (χ0v) is 15.0. The number of hydrogen-bond acceptors (Lipinski definition) is 3. The number of rotatable bonds is 4. The van der Waals surface area contributed by atoms with Crippen LogP contribution >= 0.6 is 45.5 Å². The number of hydrogen-bond donors (Lipinski definition) is 1. The maximum absolute atomic E-state index is 12.1. The molecule has 1 aromatic carbocycles. The van der Waals surface area contributed by atoms with Crippen LogP contribution in [0, 0.1) is 3.57 Å². The van der Waals surface area contributed by atoms with Crippen LogP contribution in [0.5, 0.6) is 0 Å². The highest BCUT2D eigenvalue weighted by Gasteiger charge is 2.10. The summed E-state index contributed by atoms with van der Waals surface area (Å²) in [7, 11) is 0. The van der Waals surface area contributed by atoms with Crippen molar-refractivity contribution in [3.63, 3.8) is 0 Å². The van der Waals surface area contributed by atoms with Gasteiger partial charge in [0, 0.05) is 9.26 Å². The molecule has 3 aromatic rings. The van der Waals surface area contributed by atoms with Crippen LogP contribution in [0.1, 0.15) is 15.4 Å². The molecule has 22 heavy (non-hydrogen) atoms. The molecule has 112 valence electrons. The molecular weight excluding hydrogens is 433 g/mol. The third kappa shape index (κ3) is 3.50. The van der Waals surface area contributed by atoms with Crippen LogP contribution in [-0.2, 0) is 6.54 Å². The Morgan fingerprint density at radius 1 is 1.27 bits per heavy atom. The second-order valence-corrected chi connectivity index (χ2v) is 7.48. The topological polar surface area (TPSA) is 46.9 Å². The lowest BCUT2D eigenvalue weighted by atomic mass is 10.3. The van der Waals surface area contributed by atoms with Crippen molar-refractivity contribution in [3.05, 3.63) is 67.4 Å². The van der Waals surface area contributed by atoms with E-state index in [9.17, 15) is 4.79 Å². The van der Waals surface area contributed by atoms with Crippen molar-refractivity contribution in [2.24, 2.45) is 0 Å². The van der Waals surface area contributed by atoms with Crippen molar-refractivity contribution < 1.29 is 4.79 Å². The van der Waals surface area contributed by atoms with Gasteiger partial charge in [0.05, 0.1) is 34.0 Å². The highest BCUT2D eigenvalue weighted by Crippen LogP contribution is 2.21. The molecule has 0 aliphatic rings. The van der Waals surface area contributed by atoms with Gasteiger partial charge >= 0.3 is 0 Å². The van der Waals surface area contributed by atoms with Crippen LogP contribution in [0.2, 0.25) is 4.34 Å². The SMILES string of the molecule is O=C(NCc1cncn1-c1ccc(I)cc1)c1ccc(Cl)s1. The summed E-state index contributed by atoms with van der Waals surface area (Å²) >= 11 is 9.38. The van der Waals surface area contributed by atoms with Crippen LogP contribution in [0.3, 0.4) is 0 Å². The minimum absolute atomic E-state index is 0.132. The molecule has 0 saturated carbocycles. The fourth-order valence-electron chi connectivity index (χ4n) is 1.98. The monoisotopic (exact) mass is 443 g/mol. The number of amides is 1. The highest BCUT2D eigenvalue weighted by molar-refractivity contribution is 14.1. The van der Waals surface area contributed by atoms with Crippen molar-refractivity contribution in [3.8, 4) is 5.69 Å². The van der Waals surface area contributed by atoms with E-state index in [1.807, 2.05) is 28.8 Å². The molecule has 0 radical (unpaired) electrons. The summed E-state index contributed by atoms with van der Waals surface area (Å²) in [5.41, 5.74) is 1.93. The summed E-state index contributed by atoms with van der Waals surface area (Å²) in [6.07, 6.45) is 3.49. The van der Waals surface area contributed by atoms with E-state index in [0.29, 0.717) is 15.8 Å². The van der Waals surface area contributed by atoms with Crippen LogP contribution in [0.4, 0.5) is 0 Å². The van der Waals surface area contributed by atoms with Gasteiger partial charge in [0.25, 0.3) is 5.91 Å². The molecule has 2 heterocycles. The first kappa shape index (κ1) is 15.5. The standard InChI is InChI=1S/C15H11ClIN3OS/c16-14-6-5-13(22-14)15(21)19-8-12-7-18-9-20(12)11-3-1-10(17)2-4-11/h1-7,9H,8H2,(H,19,21). The lowest BCUT2D eigenvalue weighted by molar-refractivity contribution is 0.0954. The number of carbonyl (C=O) groups excluding carboxylic acids is 1. The minimum Gasteiger partial charge on any atom is -0.346 e. The van der Waals surface area contributed by atoms with Gasteiger partial charge in [-0.2, -0.15) is 0 Å². The first-order valence-electron chi connectivity index (χ1n) is 6.44. The number of thiophene rings is 1. The fraction of sp³-hybridized carbons (Fsp3) is 0.0667. The van der Waals surface area contributed by atoms with Gasteiger partial charge in [0.1, 0.15) is 0 Å². The number of imidazole rings is 1. The van der Waals surface area contributed by atoms with Gasteiger partial charge in [-0.25, -0.2) is 4.98 Å². The van der Waals surface area contributed by atoms with Gasteiger partial charge in [-0.1, -0.05) is 11.6 Å². The normalized spacial score (nSPS) is 10.6. The molecule has 1 N–H and O–H groups in total. The van der Waals surface area contributed by atoms with Crippen LogP contribution in [0.25, 0.3) is 5.69 Å². The van der Waals surface area contributed by atoms with Crippen molar-refractivity contribution in [2.75, 3.05) is 0 Å². The second-order valence-electron chi connectivity index (χ2n) is 4.52. The number of benzene rings is 1. The summed E-state index contributed by atoms with van der Waals surface area (Å²) in [6.45, 7) is 0.403. The molecule has 0 aliphatic heterocycles. The zero-order valence-electron chi connectivity index (χ0n) is 11.3. The molecule has 2 aromatic heterocycles. The van der Waals surface area contributed by atoms with E-state index < -0.39 is 0 Å². The summed E-state index contributed by atoms with van der Waals surface area (Å²) in [5.74, 6) is -0.132. The Morgan fingerprint density at radius 3 is 2.73 bits per heavy atom. The van der Waals surface area contributed by atoms with E-state index in [4.69, 9.17) is 11.6 Å². The summed E-state index contributed by atoms with van der Waals surface area (Å²) in [4.78, 5) is 16.8. The molecule has 1 amide bonds. The third-order valence-corrected chi connectivity index (χ3v) is 5.00. The minimum atomic E-state index is -0.132. The summed E-state index contributed by atoms with van der Waals surface area (Å²) in [6, 6.07) is 11.6. The molecular formula is C15H11ClIN3OS. The van der Waals surface area contributed by atoms with E-state index >= 15 is 0 Å². The molecule has 7 heteroatoms. The van der Waals surface area contributed by atoms with E-state index in [2.05, 4.69) is 32.9 Å². The number of nitrogens with zero attached hydrogens (tertiary/aromatic N) is 2. The van der Waals surface area contributed by atoms with E-state index in [0.717, 1.165) is 11.4 Å². The average Bonchev–Trinajstić information content (AvgIpc) is 3.14. The fourth-order valence-corrected chi connectivity index (χ4v) is 3.30. The first-order chi connectivity index (χ1) is 10.6. The molecule has 0 aliphatic carbocycles. The molecule has 0 bridgehead atoms. The summed E-state index contributed by atoms with van der Waals surface area (Å²) in [5, 5.41) is 2.89. The quantitative estimate of drug-likeness (QED) is 0.617.